The smallest absolute Gasteiger partial charge is 0.128 e. The molecule has 0 bridgehead atoms. The van der Waals surface area contributed by atoms with Gasteiger partial charge in [0.25, 0.3) is 0 Å². The van der Waals surface area contributed by atoms with Crippen LogP contribution in [0.2, 0.25) is 0 Å². The highest BCUT2D eigenvalue weighted by molar-refractivity contribution is 7.13. The molecule has 2 aromatic rings. The van der Waals surface area contributed by atoms with Crippen LogP contribution < -0.4 is 5.32 Å². The molecule has 0 saturated carbocycles. The van der Waals surface area contributed by atoms with E-state index in [4.69, 9.17) is 0 Å². The van der Waals surface area contributed by atoms with Gasteiger partial charge in [-0.3, -0.25) is 0 Å². The van der Waals surface area contributed by atoms with Crippen molar-refractivity contribution in [2.75, 3.05) is 11.9 Å². The maximum absolute atomic E-state index is 4.66. The van der Waals surface area contributed by atoms with Gasteiger partial charge in [0.2, 0.25) is 0 Å². The summed E-state index contributed by atoms with van der Waals surface area (Å²) < 4.78 is 2.07. The fourth-order valence-electron chi connectivity index (χ4n) is 2.08. The molecule has 0 radical (unpaired) electrons. The van der Waals surface area contributed by atoms with Crippen molar-refractivity contribution in [3.05, 3.63) is 23.1 Å². The lowest BCUT2D eigenvalue weighted by molar-refractivity contribution is 0.669. The second-order valence-electron chi connectivity index (χ2n) is 3.65. The van der Waals surface area contributed by atoms with E-state index in [0.717, 1.165) is 19.5 Å². The molecule has 0 fully saturated rings. The highest BCUT2D eigenvalue weighted by Gasteiger charge is 2.22. The van der Waals surface area contributed by atoms with Gasteiger partial charge < -0.3 is 5.32 Å². The van der Waals surface area contributed by atoms with Crippen LogP contribution in [0.5, 0.6) is 0 Å². The Morgan fingerprint density at radius 2 is 2.53 bits per heavy atom. The van der Waals surface area contributed by atoms with Gasteiger partial charge in [-0.15, -0.1) is 11.3 Å². The van der Waals surface area contributed by atoms with Gasteiger partial charge in [-0.2, -0.15) is 5.10 Å². The first-order chi connectivity index (χ1) is 7.40. The number of hydrogen-bond donors (Lipinski definition) is 1. The molecule has 0 unspecified atom stereocenters. The Balaban J connectivity index is 2.17. The number of fused-ring (bicyclic) bond motifs is 1. The quantitative estimate of drug-likeness (QED) is 0.841. The van der Waals surface area contributed by atoms with Crippen LogP contribution in [0.4, 0.5) is 5.82 Å². The molecule has 3 heterocycles. The van der Waals surface area contributed by atoms with Crippen molar-refractivity contribution in [3.63, 3.8) is 0 Å². The number of aromatic nitrogens is 2. The summed E-state index contributed by atoms with van der Waals surface area (Å²) in [4.78, 5) is 1.28. The standard InChI is InChI=1S/C11H13N3S/c1-2-14-11-8(5-6-12-11)10(13-14)9-4-3-7-15-9/h3-4,7,12H,2,5-6H2,1H3. The van der Waals surface area contributed by atoms with Crippen LogP contribution >= 0.6 is 11.3 Å². The van der Waals surface area contributed by atoms with Crippen LogP contribution in [0, 0.1) is 0 Å². The third-order valence-corrected chi connectivity index (χ3v) is 3.65. The van der Waals surface area contributed by atoms with Crippen LogP contribution in [-0.4, -0.2) is 16.3 Å². The molecule has 1 N–H and O–H groups in total. The molecular formula is C11H13N3S. The average Bonchev–Trinajstić information content (AvgIpc) is 2.94. The first kappa shape index (κ1) is 8.97. The van der Waals surface area contributed by atoms with Crippen LogP contribution in [0.15, 0.2) is 17.5 Å². The number of nitrogens with one attached hydrogen (secondary N) is 1. The van der Waals surface area contributed by atoms with Crippen molar-refractivity contribution in [2.45, 2.75) is 19.9 Å². The molecular weight excluding hydrogens is 206 g/mol. The SMILES string of the molecule is CCn1nc(-c2cccs2)c2c1NCC2. The van der Waals surface area contributed by atoms with E-state index in [2.05, 4.69) is 39.5 Å². The Bertz CT molecular complexity index is 470. The predicted molar refractivity (Wildman–Crippen MR) is 63.4 cm³/mol. The van der Waals surface area contributed by atoms with Gasteiger partial charge >= 0.3 is 0 Å². The van der Waals surface area contributed by atoms with Crippen molar-refractivity contribution in [3.8, 4) is 10.6 Å². The molecule has 0 spiro atoms. The summed E-state index contributed by atoms with van der Waals surface area (Å²) in [6.45, 7) is 4.11. The summed E-state index contributed by atoms with van der Waals surface area (Å²) >= 11 is 1.76. The van der Waals surface area contributed by atoms with Gasteiger partial charge in [0.1, 0.15) is 11.5 Å². The molecule has 3 nitrogen and oxygen atoms in total. The zero-order valence-electron chi connectivity index (χ0n) is 8.66. The summed E-state index contributed by atoms with van der Waals surface area (Å²) in [6.07, 6.45) is 1.10. The van der Waals surface area contributed by atoms with Crippen LogP contribution in [-0.2, 0) is 13.0 Å². The number of nitrogens with zero attached hydrogens (tertiary/aromatic N) is 2. The van der Waals surface area contributed by atoms with Gasteiger partial charge in [-0.1, -0.05) is 6.07 Å². The number of hydrogen-bond acceptors (Lipinski definition) is 3. The predicted octanol–water partition coefficient (Wildman–Crippen LogP) is 2.60. The second-order valence-corrected chi connectivity index (χ2v) is 4.59. The molecule has 15 heavy (non-hydrogen) atoms. The summed E-state index contributed by atoms with van der Waals surface area (Å²) in [6, 6.07) is 4.23. The van der Waals surface area contributed by atoms with E-state index in [0.29, 0.717) is 0 Å². The molecule has 0 aliphatic carbocycles. The molecule has 0 aromatic carbocycles. The van der Waals surface area contributed by atoms with Crippen LogP contribution in [0.1, 0.15) is 12.5 Å². The van der Waals surface area contributed by atoms with E-state index in [1.54, 1.807) is 11.3 Å². The molecule has 0 amide bonds. The minimum absolute atomic E-state index is 0.931. The van der Waals surface area contributed by atoms with Gasteiger partial charge in [-0.25, -0.2) is 4.68 Å². The first-order valence-electron chi connectivity index (χ1n) is 5.27. The van der Waals surface area contributed by atoms with Crippen LogP contribution in [0.3, 0.4) is 0 Å². The van der Waals surface area contributed by atoms with Crippen molar-refractivity contribution >= 4 is 17.2 Å². The molecule has 3 rings (SSSR count). The van der Waals surface area contributed by atoms with E-state index < -0.39 is 0 Å². The number of anilines is 1. The van der Waals surface area contributed by atoms with Crippen molar-refractivity contribution in [2.24, 2.45) is 0 Å². The molecule has 4 heteroatoms. The van der Waals surface area contributed by atoms with E-state index in [1.807, 2.05) is 0 Å². The first-order valence-corrected chi connectivity index (χ1v) is 6.15. The number of rotatable bonds is 2. The molecule has 0 saturated heterocycles. The summed E-state index contributed by atoms with van der Waals surface area (Å²) in [5.74, 6) is 1.22. The van der Waals surface area contributed by atoms with Gasteiger partial charge in [0.15, 0.2) is 0 Å². The Kier molecular flexibility index (Phi) is 2.02. The summed E-state index contributed by atoms with van der Waals surface area (Å²) in [7, 11) is 0. The maximum Gasteiger partial charge on any atom is 0.128 e. The molecule has 1 aliphatic rings. The van der Waals surface area contributed by atoms with Crippen molar-refractivity contribution in [1.82, 2.24) is 9.78 Å². The minimum Gasteiger partial charge on any atom is -0.370 e. The topological polar surface area (TPSA) is 29.9 Å². The second kappa shape index (κ2) is 3.38. The van der Waals surface area contributed by atoms with Gasteiger partial charge in [0.05, 0.1) is 4.88 Å². The van der Waals surface area contributed by atoms with E-state index in [9.17, 15) is 0 Å². The Morgan fingerprint density at radius 3 is 3.27 bits per heavy atom. The largest absolute Gasteiger partial charge is 0.370 e. The number of aryl methyl sites for hydroxylation is 1. The molecule has 2 aromatic heterocycles. The number of thiophene rings is 1. The van der Waals surface area contributed by atoms with Gasteiger partial charge in [0, 0.05) is 18.7 Å². The zero-order valence-corrected chi connectivity index (χ0v) is 9.47. The van der Waals surface area contributed by atoms with Crippen molar-refractivity contribution < 1.29 is 0 Å². The Morgan fingerprint density at radius 1 is 1.60 bits per heavy atom. The lowest BCUT2D eigenvalue weighted by atomic mass is 10.2. The third-order valence-electron chi connectivity index (χ3n) is 2.77. The average molecular weight is 219 g/mol. The highest BCUT2D eigenvalue weighted by Crippen LogP contribution is 2.34. The monoisotopic (exact) mass is 219 g/mol. The fourth-order valence-corrected chi connectivity index (χ4v) is 2.82. The normalized spacial score (nSPS) is 13.9. The zero-order chi connectivity index (χ0) is 10.3. The molecule has 1 aliphatic heterocycles. The van der Waals surface area contributed by atoms with Crippen molar-refractivity contribution in [1.29, 1.82) is 0 Å². The Hall–Kier alpha value is -1.29. The van der Waals surface area contributed by atoms with E-state index in [-0.39, 0.29) is 0 Å². The fraction of sp³-hybridized carbons (Fsp3) is 0.364. The third kappa shape index (κ3) is 1.28. The minimum atomic E-state index is 0.931. The summed E-state index contributed by atoms with van der Waals surface area (Å²) in [5, 5.41) is 10.2. The van der Waals surface area contributed by atoms with E-state index >= 15 is 0 Å². The van der Waals surface area contributed by atoms with Crippen LogP contribution in [0.25, 0.3) is 10.6 Å². The highest BCUT2D eigenvalue weighted by atomic mass is 32.1. The molecule has 78 valence electrons. The lowest BCUT2D eigenvalue weighted by Gasteiger charge is -2.00. The maximum atomic E-state index is 4.66. The Labute approximate surface area is 92.7 Å². The van der Waals surface area contributed by atoms with Gasteiger partial charge in [-0.05, 0) is 24.8 Å². The molecule has 0 atom stereocenters. The summed E-state index contributed by atoms with van der Waals surface area (Å²) in [5.41, 5.74) is 2.56. The van der Waals surface area contributed by atoms with E-state index in [1.165, 1.54) is 22.0 Å². The lowest BCUT2D eigenvalue weighted by Crippen LogP contribution is -2.04.